The van der Waals surface area contributed by atoms with Gasteiger partial charge in [0.15, 0.2) is 11.6 Å². The van der Waals surface area contributed by atoms with Crippen LogP contribution in [0.15, 0.2) is 6.07 Å². The highest BCUT2D eigenvalue weighted by Gasteiger charge is 2.23. The van der Waals surface area contributed by atoms with Crippen LogP contribution >= 0.6 is 23.2 Å². The van der Waals surface area contributed by atoms with Crippen LogP contribution in [-0.4, -0.2) is 24.9 Å². The summed E-state index contributed by atoms with van der Waals surface area (Å²) in [6, 6.07) is 0.917. The summed E-state index contributed by atoms with van der Waals surface area (Å²) in [6.45, 7) is 0. The molecule has 0 radical (unpaired) electrons. The fourth-order valence-corrected chi connectivity index (χ4v) is 1.45. The third-order valence-corrected chi connectivity index (χ3v) is 2.28. The van der Waals surface area contributed by atoms with Gasteiger partial charge in [0.05, 0.1) is 10.0 Å². The Labute approximate surface area is 95.4 Å². The van der Waals surface area contributed by atoms with Crippen LogP contribution in [0.2, 0.25) is 10.0 Å². The molecule has 1 rings (SSSR count). The molecule has 1 aromatic carbocycles. The zero-order chi connectivity index (χ0) is 11.7. The Hall–Kier alpha value is -0.870. The third-order valence-electron chi connectivity index (χ3n) is 1.73. The number of carbonyl (C=O) groups is 1. The van der Waals surface area contributed by atoms with Crippen LogP contribution in [0.5, 0.6) is 0 Å². The van der Waals surface area contributed by atoms with Crippen LogP contribution in [0.4, 0.5) is 8.78 Å². The van der Waals surface area contributed by atoms with Crippen molar-refractivity contribution >= 4 is 29.1 Å². The van der Waals surface area contributed by atoms with Crippen LogP contribution in [0.3, 0.4) is 0 Å². The molecule has 0 spiro atoms. The van der Waals surface area contributed by atoms with E-state index in [4.69, 9.17) is 23.2 Å². The van der Waals surface area contributed by atoms with Crippen molar-refractivity contribution < 1.29 is 13.6 Å². The van der Waals surface area contributed by atoms with E-state index in [1.54, 1.807) is 0 Å². The first-order valence-electron chi connectivity index (χ1n) is 3.91. The number of rotatable bonds is 1. The molecular formula is C9H7Cl2F2NO. The Morgan fingerprint density at radius 1 is 1.20 bits per heavy atom. The maximum atomic E-state index is 13.4. The summed E-state index contributed by atoms with van der Waals surface area (Å²) in [5, 5.41) is -0.766. The van der Waals surface area contributed by atoms with Crippen LogP contribution in [0, 0.1) is 11.6 Å². The predicted molar refractivity (Wildman–Crippen MR) is 54.4 cm³/mol. The lowest BCUT2D eigenvalue weighted by Gasteiger charge is -2.12. The molecule has 0 saturated carbocycles. The molecule has 1 amide bonds. The van der Waals surface area contributed by atoms with Crippen LogP contribution in [0.1, 0.15) is 10.4 Å². The van der Waals surface area contributed by atoms with Gasteiger partial charge in [-0.1, -0.05) is 23.2 Å². The van der Waals surface area contributed by atoms with Gasteiger partial charge in [0.25, 0.3) is 5.91 Å². The van der Waals surface area contributed by atoms with E-state index in [1.165, 1.54) is 14.1 Å². The molecule has 0 unspecified atom stereocenters. The molecule has 0 aromatic heterocycles. The van der Waals surface area contributed by atoms with Crippen molar-refractivity contribution in [3.63, 3.8) is 0 Å². The van der Waals surface area contributed by atoms with Gasteiger partial charge in [-0.25, -0.2) is 8.78 Å². The monoisotopic (exact) mass is 253 g/mol. The highest BCUT2D eigenvalue weighted by Crippen LogP contribution is 2.28. The summed E-state index contributed by atoms with van der Waals surface area (Å²) in [4.78, 5) is 12.5. The van der Waals surface area contributed by atoms with Crippen molar-refractivity contribution in [1.29, 1.82) is 0 Å². The molecule has 0 fully saturated rings. The SMILES string of the molecule is CN(C)C(=O)c1c(F)c(Cl)cc(Cl)c1F. The summed E-state index contributed by atoms with van der Waals surface area (Å²) in [5.41, 5.74) is -0.738. The van der Waals surface area contributed by atoms with Gasteiger partial charge in [-0.3, -0.25) is 4.79 Å². The minimum Gasteiger partial charge on any atom is -0.345 e. The number of hydrogen-bond acceptors (Lipinski definition) is 1. The second-order valence-corrected chi connectivity index (χ2v) is 3.86. The van der Waals surface area contributed by atoms with Gasteiger partial charge < -0.3 is 4.90 Å². The number of amides is 1. The lowest BCUT2D eigenvalue weighted by molar-refractivity contribution is 0.0818. The highest BCUT2D eigenvalue weighted by molar-refractivity contribution is 6.35. The smallest absolute Gasteiger partial charge is 0.259 e. The lowest BCUT2D eigenvalue weighted by atomic mass is 10.1. The van der Waals surface area contributed by atoms with Crippen molar-refractivity contribution in [2.24, 2.45) is 0 Å². The number of carbonyl (C=O) groups excluding carboxylic acids is 1. The summed E-state index contributed by atoms with van der Waals surface area (Å²) < 4.78 is 26.8. The largest absolute Gasteiger partial charge is 0.345 e. The van der Waals surface area contributed by atoms with E-state index in [-0.39, 0.29) is 10.0 Å². The maximum absolute atomic E-state index is 13.4. The van der Waals surface area contributed by atoms with Gasteiger partial charge in [0.2, 0.25) is 0 Å². The molecule has 15 heavy (non-hydrogen) atoms. The van der Waals surface area contributed by atoms with E-state index in [0.29, 0.717) is 0 Å². The van der Waals surface area contributed by atoms with Crippen LogP contribution in [-0.2, 0) is 0 Å². The van der Waals surface area contributed by atoms with Crippen molar-refractivity contribution in [3.05, 3.63) is 33.3 Å². The van der Waals surface area contributed by atoms with Crippen molar-refractivity contribution in [2.75, 3.05) is 14.1 Å². The Kier molecular flexibility index (Phi) is 3.52. The predicted octanol–water partition coefficient (Wildman–Crippen LogP) is 2.97. The standard InChI is InChI=1S/C9H7Cl2F2NO/c1-14(2)9(15)6-7(12)4(10)3-5(11)8(6)13/h3H,1-2H3. The van der Waals surface area contributed by atoms with Gasteiger partial charge in [-0.15, -0.1) is 0 Å². The van der Waals surface area contributed by atoms with Crippen LogP contribution < -0.4 is 0 Å². The maximum Gasteiger partial charge on any atom is 0.259 e. The third kappa shape index (κ3) is 2.21. The Morgan fingerprint density at radius 2 is 1.60 bits per heavy atom. The average Bonchev–Trinajstić information content (AvgIpc) is 2.15. The Morgan fingerprint density at radius 3 is 1.93 bits per heavy atom. The molecule has 0 heterocycles. The van der Waals surface area contributed by atoms with E-state index < -0.39 is 23.1 Å². The van der Waals surface area contributed by atoms with Gasteiger partial charge in [-0.2, -0.15) is 0 Å². The summed E-state index contributed by atoms with van der Waals surface area (Å²) in [5.74, 6) is -3.02. The number of hydrogen-bond donors (Lipinski definition) is 0. The van der Waals surface area contributed by atoms with E-state index in [0.717, 1.165) is 11.0 Å². The number of benzene rings is 1. The molecule has 0 aliphatic carbocycles. The molecule has 1 aromatic rings. The van der Waals surface area contributed by atoms with E-state index in [1.807, 2.05) is 0 Å². The van der Waals surface area contributed by atoms with Crippen LogP contribution in [0.25, 0.3) is 0 Å². The Balaban J connectivity index is 3.46. The zero-order valence-electron chi connectivity index (χ0n) is 7.94. The fraction of sp³-hybridized carbons (Fsp3) is 0.222. The molecule has 0 saturated heterocycles. The van der Waals surface area contributed by atoms with Gasteiger partial charge in [0.1, 0.15) is 5.56 Å². The Bertz CT molecular complexity index is 395. The van der Waals surface area contributed by atoms with Crippen molar-refractivity contribution in [1.82, 2.24) is 4.90 Å². The lowest BCUT2D eigenvalue weighted by Crippen LogP contribution is -2.24. The molecule has 0 aliphatic heterocycles. The van der Waals surface area contributed by atoms with E-state index in [9.17, 15) is 13.6 Å². The van der Waals surface area contributed by atoms with E-state index >= 15 is 0 Å². The van der Waals surface area contributed by atoms with Crippen molar-refractivity contribution in [2.45, 2.75) is 0 Å². The van der Waals surface area contributed by atoms with E-state index in [2.05, 4.69) is 0 Å². The molecular weight excluding hydrogens is 247 g/mol. The second kappa shape index (κ2) is 4.33. The molecule has 82 valence electrons. The molecule has 0 bridgehead atoms. The first-order valence-corrected chi connectivity index (χ1v) is 4.66. The zero-order valence-corrected chi connectivity index (χ0v) is 9.46. The highest BCUT2D eigenvalue weighted by atomic mass is 35.5. The van der Waals surface area contributed by atoms with Gasteiger partial charge >= 0.3 is 0 Å². The van der Waals surface area contributed by atoms with Gasteiger partial charge in [0, 0.05) is 14.1 Å². The molecule has 0 aliphatic rings. The minimum atomic E-state index is -1.10. The summed E-state index contributed by atoms with van der Waals surface area (Å²) in [7, 11) is 2.74. The number of nitrogens with zero attached hydrogens (tertiary/aromatic N) is 1. The van der Waals surface area contributed by atoms with Crippen molar-refractivity contribution in [3.8, 4) is 0 Å². The number of halogens is 4. The summed E-state index contributed by atoms with van der Waals surface area (Å²) in [6.07, 6.45) is 0. The molecule has 0 N–H and O–H groups in total. The second-order valence-electron chi connectivity index (χ2n) is 3.04. The fourth-order valence-electron chi connectivity index (χ4n) is 0.985. The minimum absolute atomic E-state index is 0.383. The first kappa shape index (κ1) is 12.2. The quantitative estimate of drug-likeness (QED) is 0.705. The molecule has 0 atom stereocenters. The molecule has 2 nitrogen and oxygen atoms in total. The molecule has 6 heteroatoms. The normalized spacial score (nSPS) is 10.3. The average molecular weight is 254 g/mol. The topological polar surface area (TPSA) is 20.3 Å². The van der Waals surface area contributed by atoms with Gasteiger partial charge in [-0.05, 0) is 6.07 Å². The first-order chi connectivity index (χ1) is 6.86. The summed E-state index contributed by atoms with van der Waals surface area (Å²) >= 11 is 10.9.